The van der Waals surface area contributed by atoms with Crippen molar-refractivity contribution in [3.63, 3.8) is 0 Å². The van der Waals surface area contributed by atoms with Crippen LogP contribution in [0, 0.1) is 5.41 Å². The highest BCUT2D eigenvalue weighted by atomic mass is 16.5. The van der Waals surface area contributed by atoms with Gasteiger partial charge in [0.05, 0.1) is 6.10 Å². The quantitative estimate of drug-likeness (QED) is 0.492. The number of aliphatic imine (C=N–C) groups is 1. The molecular weight excluding hydrogens is 356 g/mol. The fourth-order valence-electron chi connectivity index (χ4n) is 3.11. The van der Waals surface area contributed by atoms with E-state index in [0.717, 1.165) is 24.1 Å². The van der Waals surface area contributed by atoms with Crippen molar-refractivity contribution in [1.82, 2.24) is 10.6 Å². The topological polar surface area (TPSA) is 84.0 Å². The Morgan fingerprint density at radius 2 is 2.14 bits per heavy atom. The molecule has 0 bridgehead atoms. The van der Waals surface area contributed by atoms with E-state index in [1.54, 1.807) is 14.2 Å². The number of ether oxygens (including phenoxy) is 2. The number of guanidine groups is 1. The number of amides is 1. The van der Waals surface area contributed by atoms with E-state index in [2.05, 4.69) is 41.7 Å². The Morgan fingerprint density at radius 3 is 2.75 bits per heavy atom. The minimum absolute atomic E-state index is 0.0379. The fraction of sp³-hybridized carbons (Fsp3) is 0.619. The van der Waals surface area contributed by atoms with Crippen molar-refractivity contribution in [1.29, 1.82) is 0 Å². The van der Waals surface area contributed by atoms with E-state index in [1.807, 2.05) is 24.3 Å². The van der Waals surface area contributed by atoms with Crippen molar-refractivity contribution in [3.05, 3.63) is 29.8 Å². The number of carbonyl (C=O) groups excluding carboxylic acids is 1. The summed E-state index contributed by atoms with van der Waals surface area (Å²) in [7, 11) is 3.47. The molecule has 2 unspecified atom stereocenters. The lowest BCUT2D eigenvalue weighted by Gasteiger charge is -2.30. The monoisotopic (exact) mass is 390 g/mol. The Labute approximate surface area is 168 Å². The van der Waals surface area contributed by atoms with Gasteiger partial charge >= 0.3 is 0 Å². The maximum Gasteiger partial charge on any atom is 0.253 e. The van der Waals surface area contributed by atoms with Crippen LogP contribution in [0.1, 0.15) is 39.2 Å². The minimum atomic E-state index is -0.332. The van der Waals surface area contributed by atoms with Gasteiger partial charge in [0.2, 0.25) is 0 Å². The maximum absolute atomic E-state index is 12.2. The molecule has 1 aromatic carbocycles. The molecule has 0 aromatic heterocycles. The van der Waals surface area contributed by atoms with E-state index < -0.39 is 0 Å². The van der Waals surface area contributed by atoms with Crippen molar-refractivity contribution in [2.24, 2.45) is 10.4 Å². The van der Waals surface area contributed by atoms with Crippen LogP contribution in [0.25, 0.3) is 0 Å². The Balaban J connectivity index is 1.86. The second-order valence-corrected chi connectivity index (χ2v) is 8.09. The number of anilines is 1. The maximum atomic E-state index is 12.2. The van der Waals surface area contributed by atoms with Crippen molar-refractivity contribution < 1.29 is 14.3 Å². The van der Waals surface area contributed by atoms with E-state index >= 15 is 0 Å². The van der Waals surface area contributed by atoms with Crippen LogP contribution in [-0.4, -0.2) is 51.4 Å². The van der Waals surface area contributed by atoms with Crippen molar-refractivity contribution in [2.45, 2.75) is 52.4 Å². The summed E-state index contributed by atoms with van der Waals surface area (Å²) in [6.45, 7) is 8.36. The van der Waals surface area contributed by atoms with E-state index in [1.165, 1.54) is 0 Å². The molecule has 1 fully saturated rings. The van der Waals surface area contributed by atoms with E-state index in [-0.39, 0.29) is 23.5 Å². The zero-order chi connectivity index (χ0) is 20.6. The predicted molar refractivity (Wildman–Crippen MR) is 112 cm³/mol. The SMILES string of the molecule is CN=C(NCc1cccc(NC(=O)C2CCCO2)c1)NCC(OC)C(C)(C)C. The average molecular weight is 391 g/mol. The van der Waals surface area contributed by atoms with E-state index in [4.69, 9.17) is 9.47 Å². The van der Waals surface area contributed by atoms with E-state index in [0.29, 0.717) is 25.7 Å². The fourth-order valence-corrected chi connectivity index (χ4v) is 3.11. The largest absolute Gasteiger partial charge is 0.379 e. The molecule has 2 rings (SSSR count). The first-order valence-electron chi connectivity index (χ1n) is 9.82. The standard InChI is InChI=1S/C21H34N4O3/c1-21(2,3)18(27-5)14-24-20(22-4)23-13-15-8-6-9-16(12-15)25-19(26)17-10-7-11-28-17/h6,8-9,12,17-18H,7,10-11,13-14H2,1-5H3,(H,25,26)(H2,22,23,24). The summed E-state index contributed by atoms with van der Waals surface area (Å²) in [5, 5.41) is 9.54. The third kappa shape index (κ3) is 6.80. The first-order valence-corrected chi connectivity index (χ1v) is 9.82. The summed E-state index contributed by atoms with van der Waals surface area (Å²) in [6, 6.07) is 7.78. The summed E-state index contributed by atoms with van der Waals surface area (Å²) >= 11 is 0. The van der Waals surface area contributed by atoms with Gasteiger partial charge in [-0.2, -0.15) is 0 Å². The summed E-state index contributed by atoms with van der Waals surface area (Å²) in [6.07, 6.45) is 1.46. The molecule has 1 amide bonds. The van der Waals surface area contributed by atoms with Crippen LogP contribution in [0.3, 0.4) is 0 Å². The Hall–Kier alpha value is -2.12. The first-order chi connectivity index (χ1) is 13.3. The lowest BCUT2D eigenvalue weighted by Crippen LogP contribution is -2.45. The molecule has 1 saturated heterocycles. The van der Waals surface area contributed by atoms with Gasteiger partial charge in [-0.15, -0.1) is 0 Å². The Bertz CT molecular complexity index is 664. The third-order valence-electron chi connectivity index (χ3n) is 4.81. The number of nitrogens with one attached hydrogen (secondary N) is 3. The molecule has 2 atom stereocenters. The molecule has 7 heteroatoms. The first kappa shape index (κ1) is 22.2. The normalized spacial score (nSPS) is 18.6. The average Bonchev–Trinajstić information content (AvgIpc) is 3.19. The van der Waals surface area contributed by atoms with E-state index in [9.17, 15) is 4.79 Å². The lowest BCUT2D eigenvalue weighted by molar-refractivity contribution is -0.124. The summed E-state index contributed by atoms with van der Waals surface area (Å²) in [5.74, 6) is 0.632. The number of methoxy groups -OCH3 is 1. The van der Waals surface area contributed by atoms with Crippen LogP contribution in [0.2, 0.25) is 0 Å². The number of carbonyl (C=O) groups is 1. The van der Waals surface area contributed by atoms with Gasteiger partial charge in [0.1, 0.15) is 6.10 Å². The summed E-state index contributed by atoms with van der Waals surface area (Å²) in [4.78, 5) is 16.5. The molecule has 1 aliphatic rings. The van der Waals surface area contributed by atoms with Crippen LogP contribution in [-0.2, 0) is 20.8 Å². The van der Waals surface area contributed by atoms with Gasteiger partial charge in [-0.25, -0.2) is 0 Å². The van der Waals surface area contributed by atoms with Crippen LogP contribution in [0.15, 0.2) is 29.3 Å². The van der Waals surface area contributed by atoms with Gasteiger partial charge in [-0.3, -0.25) is 9.79 Å². The van der Waals surface area contributed by atoms with Gasteiger partial charge < -0.3 is 25.4 Å². The zero-order valence-corrected chi connectivity index (χ0v) is 17.7. The summed E-state index contributed by atoms with van der Waals surface area (Å²) in [5.41, 5.74) is 1.86. The second-order valence-electron chi connectivity index (χ2n) is 8.09. The van der Waals surface area contributed by atoms with Gasteiger partial charge in [0, 0.05) is 39.5 Å². The molecule has 156 valence electrons. The lowest BCUT2D eigenvalue weighted by atomic mass is 9.89. The van der Waals surface area contributed by atoms with Gasteiger partial charge in [-0.1, -0.05) is 32.9 Å². The van der Waals surface area contributed by atoms with Crippen molar-refractivity contribution >= 4 is 17.6 Å². The van der Waals surface area contributed by atoms with Gasteiger partial charge in [-0.05, 0) is 36.0 Å². The molecule has 1 heterocycles. The molecule has 0 aliphatic carbocycles. The highest BCUT2D eigenvalue weighted by Gasteiger charge is 2.25. The van der Waals surface area contributed by atoms with Crippen LogP contribution in [0.4, 0.5) is 5.69 Å². The van der Waals surface area contributed by atoms with Gasteiger partial charge in [0.15, 0.2) is 5.96 Å². The number of hydrogen-bond donors (Lipinski definition) is 3. The molecule has 0 radical (unpaired) electrons. The van der Waals surface area contributed by atoms with Crippen LogP contribution in [0.5, 0.6) is 0 Å². The minimum Gasteiger partial charge on any atom is -0.379 e. The highest BCUT2D eigenvalue weighted by molar-refractivity contribution is 5.94. The third-order valence-corrected chi connectivity index (χ3v) is 4.81. The molecule has 1 aliphatic heterocycles. The predicted octanol–water partition coefficient (Wildman–Crippen LogP) is 2.53. The summed E-state index contributed by atoms with van der Waals surface area (Å²) < 4.78 is 11.0. The number of benzene rings is 1. The smallest absolute Gasteiger partial charge is 0.253 e. The van der Waals surface area contributed by atoms with Gasteiger partial charge in [0.25, 0.3) is 5.91 Å². The number of rotatable bonds is 7. The zero-order valence-electron chi connectivity index (χ0n) is 17.7. The van der Waals surface area contributed by atoms with Crippen LogP contribution < -0.4 is 16.0 Å². The molecule has 1 aromatic rings. The molecule has 0 saturated carbocycles. The molecular formula is C21H34N4O3. The number of nitrogens with zero attached hydrogens (tertiary/aromatic N) is 1. The number of hydrogen-bond acceptors (Lipinski definition) is 4. The van der Waals surface area contributed by atoms with Crippen molar-refractivity contribution in [3.8, 4) is 0 Å². The molecule has 28 heavy (non-hydrogen) atoms. The van der Waals surface area contributed by atoms with Crippen molar-refractivity contribution in [2.75, 3.05) is 32.6 Å². The second kappa shape index (κ2) is 10.4. The Kier molecular flexibility index (Phi) is 8.26. The molecule has 0 spiro atoms. The highest BCUT2D eigenvalue weighted by Crippen LogP contribution is 2.21. The van der Waals surface area contributed by atoms with Crippen LogP contribution >= 0.6 is 0 Å². The molecule has 3 N–H and O–H groups in total. The Morgan fingerprint density at radius 1 is 1.36 bits per heavy atom. The molecule has 7 nitrogen and oxygen atoms in total.